The second kappa shape index (κ2) is 13.4. The third-order valence-corrected chi connectivity index (χ3v) is 5.54. The van der Waals surface area contributed by atoms with E-state index in [-0.39, 0.29) is 24.2 Å². The zero-order valence-corrected chi connectivity index (χ0v) is 22.5. The molecule has 0 saturated carbocycles. The zero-order chi connectivity index (χ0) is 26.1. The number of thiol groups is 1. The summed E-state index contributed by atoms with van der Waals surface area (Å²) in [4.78, 5) is 41.0. The van der Waals surface area contributed by atoms with Gasteiger partial charge in [-0.05, 0) is 59.1 Å². The van der Waals surface area contributed by atoms with E-state index >= 15 is 0 Å². The quantitative estimate of drug-likeness (QED) is 0.314. The molecule has 0 fully saturated rings. The van der Waals surface area contributed by atoms with E-state index in [1.807, 2.05) is 39.0 Å². The molecule has 7 nitrogen and oxygen atoms in total. The van der Waals surface area contributed by atoms with Crippen LogP contribution in [0.3, 0.4) is 0 Å². The fourth-order valence-electron chi connectivity index (χ4n) is 3.71. The van der Waals surface area contributed by atoms with Crippen molar-refractivity contribution in [2.75, 3.05) is 12.3 Å². The highest BCUT2D eigenvalue weighted by Gasteiger charge is 2.36. The van der Waals surface area contributed by atoms with Crippen LogP contribution in [0.4, 0.5) is 4.79 Å². The molecule has 0 saturated heterocycles. The summed E-state index contributed by atoms with van der Waals surface area (Å²) in [5.74, 6) is -0.679. The maximum absolute atomic E-state index is 13.7. The van der Waals surface area contributed by atoms with Gasteiger partial charge in [-0.3, -0.25) is 9.59 Å². The SMILES string of the molecule is C=CCN(C(=O)C(CS)NC(=O)OC(C)(C)C)C(C(=O)NC(C)CCC)c1ccc(C)cc1C. The molecule has 3 unspecified atom stereocenters. The average Bonchev–Trinajstić information content (AvgIpc) is 2.71. The van der Waals surface area contributed by atoms with E-state index in [9.17, 15) is 14.4 Å². The van der Waals surface area contributed by atoms with Crippen molar-refractivity contribution in [3.8, 4) is 0 Å². The molecule has 8 heteroatoms. The molecule has 3 atom stereocenters. The van der Waals surface area contributed by atoms with Gasteiger partial charge in [-0.15, -0.1) is 6.58 Å². The van der Waals surface area contributed by atoms with Gasteiger partial charge in [-0.1, -0.05) is 43.2 Å². The predicted molar refractivity (Wildman–Crippen MR) is 140 cm³/mol. The predicted octanol–water partition coefficient (Wildman–Crippen LogP) is 4.49. The van der Waals surface area contributed by atoms with Crippen LogP contribution in [0.5, 0.6) is 0 Å². The topological polar surface area (TPSA) is 87.7 Å². The first-order chi connectivity index (χ1) is 15.8. The number of hydrogen-bond donors (Lipinski definition) is 3. The van der Waals surface area contributed by atoms with Crippen molar-refractivity contribution >= 4 is 30.5 Å². The maximum atomic E-state index is 13.7. The van der Waals surface area contributed by atoms with Crippen molar-refractivity contribution in [2.24, 2.45) is 0 Å². The summed E-state index contributed by atoms with van der Waals surface area (Å²) in [5.41, 5.74) is 1.96. The minimum atomic E-state index is -0.979. The molecule has 0 spiro atoms. The number of carbonyl (C=O) groups is 3. The molecule has 0 aliphatic rings. The van der Waals surface area contributed by atoms with Gasteiger partial charge in [0, 0.05) is 18.3 Å². The highest BCUT2D eigenvalue weighted by atomic mass is 32.1. The molecule has 0 heterocycles. The summed E-state index contributed by atoms with van der Waals surface area (Å²) in [6.07, 6.45) is 2.59. The smallest absolute Gasteiger partial charge is 0.408 e. The maximum Gasteiger partial charge on any atom is 0.408 e. The number of alkyl carbamates (subject to hydrolysis) is 1. The lowest BCUT2D eigenvalue weighted by Gasteiger charge is -2.34. The van der Waals surface area contributed by atoms with Gasteiger partial charge in [-0.2, -0.15) is 12.6 Å². The summed E-state index contributed by atoms with van der Waals surface area (Å²) in [5, 5.41) is 5.64. The highest BCUT2D eigenvalue weighted by Crippen LogP contribution is 2.27. The van der Waals surface area contributed by atoms with Gasteiger partial charge in [0.15, 0.2) is 0 Å². The Bertz CT molecular complexity index is 866. The van der Waals surface area contributed by atoms with Gasteiger partial charge < -0.3 is 20.3 Å². The summed E-state index contributed by atoms with van der Waals surface area (Å²) in [6.45, 7) is 17.0. The molecule has 0 aromatic heterocycles. The number of hydrogen-bond acceptors (Lipinski definition) is 5. The van der Waals surface area contributed by atoms with Crippen LogP contribution in [-0.2, 0) is 14.3 Å². The molecule has 0 radical (unpaired) electrons. The van der Waals surface area contributed by atoms with Crippen LogP contribution >= 0.6 is 12.6 Å². The molecule has 1 rings (SSSR count). The van der Waals surface area contributed by atoms with Crippen molar-refractivity contribution in [3.05, 3.63) is 47.5 Å². The van der Waals surface area contributed by atoms with E-state index in [0.717, 1.165) is 29.5 Å². The Labute approximate surface area is 210 Å². The van der Waals surface area contributed by atoms with Crippen LogP contribution in [0.15, 0.2) is 30.9 Å². The molecular weight excluding hydrogens is 450 g/mol. The highest BCUT2D eigenvalue weighted by molar-refractivity contribution is 7.80. The number of carbonyl (C=O) groups excluding carboxylic acids is 3. The summed E-state index contributed by atoms with van der Waals surface area (Å²) in [6, 6.07) is 3.85. The van der Waals surface area contributed by atoms with Crippen LogP contribution in [0.1, 0.15) is 70.2 Å². The molecule has 0 bridgehead atoms. The lowest BCUT2D eigenvalue weighted by Crippen LogP contribution is -2.54. The third kappa shape index (κ3) is 9.05. The van der Waals surface area contributed by atoms with Gasteiger partial charge in [-0.25, -0.2) is 4.79 Å². The molecule has 0 aliphatic carbocycles. The summed E-state index contributed by atoms with van der Waals surface area (Å²) < 4.78 is 5.31. The fraction of sp³-hybridized carbons (Fsp3) is 0.577. The normalized spacial score (nSPS) is 13.9. The van der Waals surface area contributed by atoms with Crippen LogP contribution in [0.2, 0.25) is 0 Å². The monoisotopic (exact) mass is 491 g/mol. The summed E-state index contributed by atoms with van der Waals surface area (Å²) >= 11 is 4.28. The number of amides is 3. The Kier molecular flexibility index (Phi) is 11.7. The zero-order valence-electron chi connectivity index (χ0n) is 21.6. The Morgan fingerprint density at radius 1 is 1.21 bits per heavy atom. The number of ether oxygens (including phenoxy) is 1. The van der Waals surface area contributed by atoms with E-state index in [1.165, 1.54) is 4.90 Å². The Morgan fingerprint density at radius 2 is 1.85 bits per heavy atom. The van der Waals surface area contributed by atoms with Crippen LogP contribution in [-0.4, -0.2) is 52.8 Å². The molecule has 1 aromatic rings. The average molecular weight is 492 g/mol. The molecule has 190 valence electrons. The minimum absolute atomic E-state index is 0.0408. The first-order valence-electron chi connectivity index (χ1n) is 11.7. The Balaban J connectivity index is 3.41. The van der Waals surface area contributed by atoms with E-state index in [0.29, 0.717) is 0 Å². The number of nitrogens with one attached hydrogen (secondary N) is 2. The van der Waals surface area contributed by atoms with Crippen molar-refractivity contribution in [1.82, 2.24) is 15.5 Å². The van der Waals surface area contributed by atoms with Crippen LogP contribution in [0, 0.1) is 13.8 Å². The molecule has 1 aromatic carbocycles. The molecule has 2 N–H and O–H groups in total. The third-order valence-electron chi connectivity index (χ3n) is 5.17. The first-order valence-corrected chi connectivity index (χ1v) is 12.4. The van der Waals surface area contributed by atoms with Gasteiger partial charge in [0.2, 0.25) is 11.8 Å². The van der Waals surface area contributed by atoms with Crippen molar-refractivity contribution in [1.29, 1.82) is 0 Å². The van der Waals surface area contributed by atoms with Gasteiger partial charge >= 0.3 is 6.09 Å². The van der Waals surface area contributed by atoms with Crippen molar-refractivity contribution in [3.63, 3.8) is 0 Å². The van der Waals surface area contributed by atoms with Crippen LogP contribution < -0.4 is 10.6 Å². The largest absolute Gasteiger partial charge is 0.444 e. The Morgan fingerprint density at radius 3 is 2.35 bits per heavy atom. The number of nitrogens with zero attached hydrogens (tertiary/aromatic N) is 1. The van der Waals surface area contributed by atoms with Gasteiger partial charge in [0.1, 0.15) is 17.7 Å². The molecule has 0 aliphatic heterocycles. The Hall–Kier alpha value is -2.48. The number of aryl methyl sites for hydroxylation is 2. The second-order valence-electron chi connectivity index (χ2n) is 9.62. The van der Waals surface area contributed by atoms with Crippen LogP contribution in [0.25, 0.3) is 0 Å². The second-order valence-corrected chi connectivity index (χ2v) is 9.99. The van der Waals surface area contributed by atoms with E-state index in [4.69, 9.17) is 4.74 Å². The fourth-order valence-corrected chi connectivity index (χ4v) is 3.95. The molecule has 34 heavy (non-hydrogen) atoms. The van der Waals surface area contributed by atoms with E-state index in [1.54, 1.807) is 26.8 Å². The van der Waals surface area contributed by atoms with Gasteiger partial charge in [0.25, 0.3) is 0 Å². The minimum Gasteiger partial charge on any atom is -0.444 e. The number of rotatable bonds is 11. The van der Waals surface area contributed by atoms with E-state index in [2.05, 4.69) is 36.8 Å². The standard InChI is InChI=1S/C26H41N3O4S/c1-9-11-19(5)27-23(30)22(20-13-12-17(3)15-18(20)4)29(14-10-2)24(31)21(16-34)28-25(32)33-26(6,7)8/h10,12-13,15,19,21-22,34H,2,9,11,14,16H2,1,3-8H3,(H,27,30)(H,28,32). The summed E-state index contributed by atoms with van der Waals surface area (Å²) in [7, 11) is 0. The lowest BCUT2D eigenvalue weighted by atomic mass is 9.96. The molecular formula is C26H41N3O4S. The molecule has 3 amide bonds. The first kappa shape index (κ1) is 29.6. The van der Waals surface area contributed by atoms with E-state index < -0.39 is 29.7 Å². The number of benzene rings is 1. The lowest BCUT2D eigenvalue weighted by molar-refractivity contribution is -0.141. The van der Waals surface area contributed by atoms with Crippen molar-refractivity contribution < 1.29 is 19.1 Å². The van der Waals surface area contributed by atoms with Gasteiger partial charge in [0.05, 0.1) is 0 Å². The van der Waals surface area contributed by atoms with Crippen molar-refractivity contribution in [2.45, 2.75) is 85.0 Å².